The summed E-state index contributed by atoms with van der Waals surface area (Å²) >= 11 is 0. The van der Waals surface area contributed by atoms with Crippen molar-refractivity contribution in [1.82, 2.24) is 0 Å². The Morgan fingerprint density at radius 3 is 2.04 bits per heavy atom. The number of carbonyl (C=O) groups is 1. The molecule has 0 heterocycles. The lowest BCUT2D eigenvalue weighted by atomic mass is 10.2. The first kappa shape index (κ1) is 18.8. The Labute approximate surface area is 148 Å². The van der Waals surface area contributed by atoms with E-state index < -0.39 is 0 Å². The molecule has 0 saturated carbocycles. The highest BCUT2D eigenvalue weighted by atomic mass is 16.5. The van der Waals surface area contributed by atoms with Gasteiger partial charge in [0.05, 0.1) is 13.2 Å². The molecule has 0 spiro atoms. The molecular weight excluding hydrogens is 318 g/mol. The molecule has 0 atom stereocenters. The van der Waals surface area contributed by atoms with Crippen LogP contribution < -0.4 is 14.8 Å². The molecule has 25 heavy (non-hydrogen) atoms. The first-order valence-electron chi connectivity index (χ1n) is 8.57. The SMILES string of the molecule is CCCOc1ccc(C(=O)Nc2ccc(OCCOCC)cc2)cc1. The highest BCUT2D eigenvalue weighted by Crippen LogP contribution is 2.18. The summed E-state index contributed by atoms with van der Waals surface area (Å²) in [5, 5.41) is 2.86. The van der Waals surface area contributed by atoms with Crippen molar-refractivity contribution in [2.45, 2.75) is 20.3 Å². The van der Waals surface area contributed by atoms with Crippen LogP contribution >= 0.6 is 0 Å². The lowest BCUT2D eigenvalue weighted by Crippen LogP contribution is -2.12. The van der Waals surface area contributed by atoms with Gasteiger partial charge >= 0.3 is 0 Å². The van der Waals surface area contributed by atoms with Gasteiger partial charge in [-0.15, -0.1) is 0 Å². The molecule has 1 N–H and O–H groups in total. The number of hydrogen-bond donors (Lipinski definition) is 1. The molecule has 2 aromatic rings. The van der Waals surface area contributed by atoms with Gasteiger partial charge in [0.1, 0.15) is 18.1 Å². The standard InChI is InChI=1S/C20H25NO4/c1-3-13-24-18-9-5-16(6-10-18)20(22)21-17-7-11-19(12-8-17)25-15-14-23-4-2/h5-12H,3-4,13-15H2,1-2H3,(H,21,22). The minimum Gasteiger partial charge on any atom is -0.494 e. The number of amides is 1. The predicted octanol–water partition coefficient (Wildman–Crippen LogP) is 4.14. The van der Waals surface area contributed by atoms with Gasteiger partial charge in [0.15, 0.2) is 0 Å². The normalized spacial score (nSPS) is 10.3. The Bertz CT molecular complexity index is 638. The van der Waals surface area contributed by atoms with Crippen LogP contribution in [0.4, 0.5) is 5.69 Å². The van der Waals surface area contributed by atoms with Crippen molar-refractivity contribution in [3.63, 3.8) is 0 Å². The van der Waals surface area contributed by atoms with Gasteiger partial charge in [-0.05, 0) is 61.9 Å². The average molecular weight is 343 g/mol. The molecule has 0 aliphatic heterocycles. The monoisotopic (exact) mass is 343 g/mol. The number of rotatable bonds is 10. The van der Waals surface area contributed by atoms with Gasteiger partial charge in [-0.1, -0.05) is 6.92 Å². The van der Waals surface area contributed by atoms with Gasteiger partial charge in [0.2, 0.25) is 0 Å². The van der Waals surface area contributed by atoms with E-state index in [1.54, 1.807) is 24.3 Å². The van der Waals surface area contributed by atoms with Crippen LogP contribution in [0.15, 0.2) is 48.5 Å². The first-order valence-corrected chi connectivity index (χ1v) is 8.57. The summed E-state index contributed by atoms with van der Waals surface area (Å²) < 4.78 is 16.3. The fourth-order valence-corrected chi connectivity index (χ4v) is 2.12. The van der Waals surface area contributed by atoms with Crippen molar-refractivity contribution in [2.24, 2.45) is 0 Å². The lowest BCUT2D eigenvalue weighted by molar-refractivity contribution is 0.102. The molecule has 0 unspecified atom stereocenters. The molecule has 1 amide bonds. The van der Waals surface area contributed by atoms with Crippen LogP contribution in [0.25, 0.3) is 0 Å². The fraction of sp³-hybridized carbons (Fsp3) is 0.350. The molecule has 5 nitrogen and oxygen atoms in total. The maximum absolute atomic E-state index is 12.3. The highest BCUT2D eigenvalue weighted by molar-refractivity contribution is 6.04. The van der Waals surface area contributed by atoms with Gasteiger partial charge < -0.3 is 19.5 Å². The second kappa shape index (κ2) is 10.4. The molecule has 134 valence electrons. The van der Waals surface area contributed by atoms with Crippen LogP contribution in [0.2, 0.25) is 0 Å². The smallest absolute Gasteiger partial charge is 0.255 e. The maximum atomic E-state index is 12.3. The van der Waals surface area contributed by atoms with E-state index in [-0.39, 0.29) is 5.91 Å². The van der Waals surface area contributed by atoms with Crippen molar-refractivity contribution < 1.29 is 19.0 Å². The lowest BCUT2D eigenvalue weighted by Gasteiger charge is -2.09. The Kier molecular flexibility index (Phi) is 7.79. The van der Waals surface area contributed by atoms with Crippen LogP contribution in [-0.4, -0.2) is 32.3 Å². The van der Waals surface area contributed by atoms with E-state index in [1.165, 1.54) is 0 Å². The van der Waals surface area contributed by atoms with Crippen LogP contribution in [0, 0.1) is 0 Å². The van der Waals surface area contributed by atoms with Gasteiger partial charge in [-0.2, -0.15) is 0 Å². The molecule has 2 rings (SSSR count). The van der Waals surface area contributed by atoms with Crippen molar-refractivity contribution in [3.05, 3.63) is 54.1 Å². The summed E-state index contributed by atoms with van der Waals surface area (Å²) in [6, 6.07) is 14.4. The zero-order valence-electron chi connectivity index (χ0n) is 14.8. The van der Waals surface area contributed by atoms with E-state index in [2.05, 4.69) is 12.2 Å². The molecule has 0 aliphatic carbocycles. The second-order valence-corrected chi connectivity index (χ2v) is 5.40. The fourth-order valence-electron chi connectivity index (χ4n) is 2.12. The van der Waals surface area contributed by atoms with E-state index in [0.717, 1.165) is 17.9 Å². The zero-order chi connectivity index (χ0) is 17.9. The van der Waals surface area contributed by atoms with Crippen LogP contribution in [0.3, 0.4) is 0 Å². The Hall–Kier alpha value is -2.53. The molecular formula is C20H25NO4. The third-order valence-corrected chi connectivity index (χ3v) is 3.40. The van der Waals surface area contributed by atoms with Gasteiger partial charge in [-0.3, -0.25) is 4.79 Å². The number of ether oxygens (including phenoxy) is 3. The number of benzene rings is 2. The number of nitrogens with one attached hydrogen (secondary N) is 1. The summed E-state index contributed by atoms with van der Waals surface area (Å²) in [6.07, 6.45) is 0.952. The van der Waals surface area contributed by atoms with E-state index in [1.807, 2.05) is 31.2 Å². The summed E-state index contributed by atoms with van der Waals surface area (Å²) in [6.45, 7) is 6.42. The Balaban J connectivity index is 1.85. The van der Waals surface area contributed by atoms with Gasteiger partial charge in [-0.25, -0.2) is 0 Å². The summed E-state index contributed by atoms with van der Waals surface area (Å²) in [5.74, 6) is 1.36. The molecule has 0 radical (unpaired) electrons. The quantitative estimate of drug-likeness (QED) is 0.659. The molecule has 2 aromatic carbocycles. The van der Waals surface area contributed by atoms with Gasteiger partial charge in [0.25, 0.3) is 5.91 Å². The minimum atomic E-state index is -0.160. The number of hydrogen-bond acceptors (Lipinski definition) is 4. The average Bonchev–Trinajstić information content (AvgIpc) is 2.65. The summed E-state index contributed by atoms with van der Waals surface area (Å²) in [4.78, 5) is 12.3. The van der Waals surface area contributed by atoms with Crippen LogP contribution in [0.1, 0.15) is 30.6 Å². The molecule has 0 saturated heterocycles. The largest absolute Gasteiger partial charge is 0.494 e. The molecule has 0 fully saturated rings. The Morgan fingerprint density at radius 2 is 1.44 bits per heavy atom. The molecule has 5 heteroatoms. The maximum Gasteiger partial charge on any atom is 0.255 e. The van der Waals surface area contributed by atoms with Crippen molar-refractivity contribution in [2.75, 3.05) is 31.7 Å². The summed E-state index contributed by atoms with van der Waals surface area (Å²) in [7, 11) is 0. The molecule has 0 bridgehead atoms. The van der Waals surface area contributed by atoms with Crippen molar-refractivity contribution in [1.29, 1.82) is 0 Å². The van der Waals surface area contributed by atoms with E-state index in [0.29, 0.717) is 37.7 Å². The zero-order valence-corrected chi connectivity index (χ0v) is 14.8. The summed E-state index contributed by atoms with van der Waals surface area (Å²) in [5.41, 5.74) is 1.30. The third kappa shape index (κ3) is 6.47. The van der Waals surface area contributed by atoms with Gasteiger partial charge in [0, 0.05) is 17.9 Å². The van der Waals surface area contributed by atoms with E-state index >= 15 is 0 Å². The number of carbonyl (C=O) groups excluding carboxylic acids is 1. The van der Waals surface area contributed by atoms with E-state index in [4.69, 9.17) is 14.2 Å². The molecule has 0 aliphatic rings. The second-order valence-electron chi connectivity index (χ2n) is 5.40. The van der Waals surface area contributed by atoms with Crippen LogP contribution in [-0.2, 0) is 4.74 Å². The van der Waals surface area contributed by atoms with Crippen molar-refractivity contribution in [3.8, 4) is 11.5 Å². The van der Waals surface area contributed by atoms with E-state index in [9.17, 15) is 4.79 Å². The highest BCUT2D eigenvalue weighted by Gasteiger charge is 2.06. The predicted molar refractivity (Wildman–Crippen MR) is 98.6 cm³/mol. The Morgan fingerprint density at radius 1 is 0.840 bits per heavy atom. The van der Waals surface area contributed by atoms with Crippen molar-refractivity contribution >= 4 is 11.6 Å². The third-order valence-electron chi connectivity index (χ3n) is 3.40. The topological polar surface area (TPSA) is 56.8 Å². The number of anilines is 1. The van der Waals surface area contributed by atoms with Crippen LogP contribution in [0.5, 0.6) is 11.5 Å². The molecule has 0 aromatic heterocycles. The first-order chi connectivity index (χ1) is 12.2. The minimum absolute atomic E-state index is 0.160.